The number of allylic oxidation sites excluding steroid dienone is 1. The maximum Gasteiger partial charge on any atom is 0.168 e. The van der Waals surface area contributed by atoms with E-state index in [0.717, 1.165) is 44.1 Å². The highest BCUT2D eigenvalue weighted by Crippen LogP contribution is 2.61. The molecule has 5 fully saturated rings. The van der Waals surface area contributed by atoms with Crippen LogP contribution in [0, 0.1) is 17.3 Å². The summed E-state index contributed by atoms with van der Waals surface area (Å²) in [5.74, 6) is 0.902. The van der Waals surface area contributed by atoms with Crippen LogP contribution in [0.15, 0.2) is 12.2 Å². The molecule has 3 heteroatoms. The van der Waals surface area contributed by atoms with Gasteiger partial charge in [0.1, 0.15) is 0 Å². The summed E-state index contributed by atoms with van der Waals surface area (Å²) in [6.07, 6.45) is 6.09. The third-order valence-corrected chi connectivity index (χ3v) is 5.85. The second-order valence-corrected chi connectivity index (χ2v) is 6.49. The van der Waals surface area contributed by atoms with E-state index < -0.39 is 0 Å². The van der Waals surface area contributed by atoms with Crippen LogP contribution >= 0.6 is 0 Å². The summed E-state index contributed by atoms with van der Waals surface area (Å²) in [6.45, 7) is 5.46. The van der Waals surface area contributed by atoms with Crippen LogP contribution < -0.4 is 0 Å². The lowest BCUT2D eigenvalue weighted by atomic mass is 9.48. The molecule has 0 aromatic rings. The predicted octanol–water partition coefficient (Wildman–Crippen LogP) is 2.46. The van der Waals surface area contributed by atoms with Gasteiger partial charge in [-0.2, -0.15) is 0 Å². The van der Waals surface area contributed by atoms with Crippen molar-refractivity contribution in [2.75, 3.05) is 13.2 Å². The van der Waals surface area contributed by atoms with Crippen LogP contribution in [0.2, 0.25) is 0 Å². The van der Waals surface area contributed by atoms with Crippen molar-refractivity contribution < 1.29 is 14.3 Å². The number of ketones is 1. The van der Waals surface area contributed by atoms with E-state index in [1.807, 2.05) is 0 Å². The zero-order valence-corrected chi connectivity index (χ0v) is 10.7. The van der Waals surface area contributed by atoms with Crippen molar-refractivity contribution in [3.63, 3.8) is 0 Å². The van der Waals surface area contributed by atoms with Crippen molar-refractivity contribution in [1.82, 2.24) is 0 Å². The minimum atomic E-state index is -0.352. The molecule has 0 aromatic carbocycles. The normalized spacial score (nSPS) is 45.6. The van der Waals surface area contributed by atoms with Crippen LogP contribution in [0.1, 0.15) is 38.5 Å². The number of carbonyl (C=O) groups is 1. The van der Waals surface area contributed by atoms with E-state index in [4.69, 9.17) is 9.47 Å². The first-order valence-electron chi connectivity index (χ1n) is 7.17. The molecule has 1 saturated heterocycles. The molecule has 0 N–H and O–H groups in total. The highest BCUT2D eigenvalue weighted by atomic mass is 16.7. The number of ether oxygens (including phenoxy) is 2. The summed E-state index contributed by atoms with van der Waals surface area (Å²) < 4.78 is 11.7. The molecule has 0 amide bonds. The van der Waals surface area contributed by atoms with Gasteiger partial charge in [0.2, 0.25) is 0 Å². The molecule has 3 atom stereocenters. The average molecular weight is 248 g/mol. The first-order chi connectivity index (χ1) is 8.65. The maximum atomic E-state index is 12.6. The SMILES string of the molecule is C=C1C(=O)[C@]23CC[C@H]1C[C@H]2CC1(CC3)OCCO1. The van der Waals surface area contributed by atoms with E-state index in [1.54, 1.807) is 0 Å². The van der Waals surface area contributed by atoms with Crippen molar-refractivity contribution in [3.8, 4) is 0 Å². The van der Waals surface area contributed by atoms with Gasteiger partial charge in [-0.15, -0.1) is 0 Å². The van der Waals surface area contributed by atoms with Gasteiger partial charge in [0.05, 0.1) is 13.2 Å². The third-order valence-electron chi connectivity index (χ3n) is 5.85. The summed E-state index contributed by atoms with van der Waals surface area (Å²) in [7, 11) is 0. The average Bonchev–Trinajstić information content (AvgIpc) is 2.83. The van der Waals surface area contributed by atoms with Gasteiger partial charge < -0.3 is 9.47 Å². The fraction of sp³-hybridized carbons (Fsp3) is 0.800. The third kappa shape index (κ3) is 1.24. The Hall–Kier alpha value is -0.670. The Morgan fingerprint density at radius 2 is 1.94 bits per heavy atom. The van der Waals surface area contributed by atoms with Crippen molar-refractivity contribution in [1.29, 1.82) is 0 Å². The van der Waals surface area contributed by atoms with Gasteiger partial charge in [-0.05, 0) is 43.1 Å². The van der Waals surface area contributed by atoms with Gasteiger partial charge >= 0.3 is 0 Å². The molecule has 3 nitrogen and oxygen atoms in total. The molecule has 5 aliphatic rings. The molecule has 0 radical (unpaired) electrons. The molecule has 1 heterocycles. The second kappa shape index (κ2) is 3.45. The van der Waals surface area contributed by atoms with E-state index in [9.17, 15) is 4.79 Å². The minimum absolute atomic E-state index is 0.105. The van der Waals surface area contributed by atoms with Crippen LogP contribution in [-0.2, 0) is 14.3 Å². The Kier molecular flexibility index (Phi) is 2.15. The monoisotopic (exact) mass is 248 g/mol. The predicted molar refractivity (Wildman–Crippen MR) is 65.9 cm³/mol. The maximum absolute atomic E-state index is 12.6. The molecule has 2 bridgehead atoms. The first-order valence-corrected chi connectivity index (χ1v) is 7.17. The molecule has 4 saturated carbocycles. The zero-order valence-electron chi connectivity index (χ0n) is 10.7. The molecule has 98 valence electrons. The van der Waals surface area contributed by atoms with E-state index in [0.29, 0.717) is 30.8 Å². The highest BCUT2D eigenvalue weighted by molar-refractivity contribution is 6.01. The van der Waals surface area contributed by atoms with Gasteiger partial charge in [0.15, 0.2) is 11.6 Å². The molecule has 1 aliphatic heterocycles. The fourth-order valence-corrected chi connectivity index (χ4v) is 4.81. The molecule has 18 heavy (non-hydrogen) atoms. The Morgan fingerprint density at radius 3 is 2.72 bits per heavy atom. The van der Waals surface area contributed by atoms with Crippen molar-refractivity contribution >= 4 is 5.78 Å². The quantitative estimate of drug-likeness (QED) is 0.618. The van der Waals surface area contributed by atoms with E-state index in [2.05, 4.69) is 6.58 Å². The summed E-state index contributed by atoms with van der Waals surface area (Å²) in [4.78, 5) is 12.6. The van der Waals surface area contributed by atoms with Gasteiger partial charge in [-0.25, -0.2) is 0 Å². The Bertz CT molecular complexity index is 421. The summed E-state index contributed by atoms with van der Waals surface area (Å²) in [5.41, 5.74) is 0.800. The van der Waals surface area contributed by atoms with Crippen LogP contribution in [0.5, 0.6) is 0 Å². The van der Waals surface area contributed by atoms with E-state index in [-0.39, 0.29) is 11.2 Å². The van der Waals surface area contributed by atoms with Crippen LogP contribution in [-0.4, -0.2) is 24.8 Å². The van der Waals surface area contributed by atoms with Gasteiger partial charge in [0, 0.05) is 18.3 Å². The zero-order chi connectivity index (χ0) is 12.4. The van der Waals surface area contributed by atoms with E-state index in [1.165, 1.54) is 0 Å². The molecular weight excluding hydrogens is 228 g/mol. The lowest BCUT2D eigenvalue weighted by Crippen LogP contribution is -2.56. The number of hydrogen-bond donors (Lipinski definition) is 0. The molecular formula is C15H20O3. The number of carbonyl (C=O) groups excluding carboxylic acids is 1. The van der Waals surface area contributed by atoms with Gasteiger partial charge in [-0.3, -0.25) is 4.79 Å². The van der Waals surface area contributed by atoms with Crippen LogP contribution in [0.25, 0.3) is 0 Å². The molecule has 0 unspecified atom stereocenters. The lowest BCUT2D eigenvalue weighted by molar-refractivity contribution is -0.216. The second-order valence-electron chi connectivity index (χ2n) is 6.49. The molecule has 5 rings (SSSR count). The van der Waals surface area contributed by atoms with Crippen molar-refractivity contribution in [2.45, 2.75) is 44.3 Å². The van der Waals surface area contributed by atoms with E-state index >= 15 is 0 Å². The molecule has 2 spiro atoms. The first kappa shape index (κ1) is 11.2. The Morgan fingerprint density at radius 1 is 1.17 bits per heavy atom. The summed E-state index contributed by atoms with van der Waals surface area (Å²) >= 11 is 0. The summed E-state index contributed by atoms with van der Waals surface area (Å²) in [5, 5.41) is 0. The topological polar surface area (TPSA) is 35.5 Å². The van der Waals surface area contributed by atoms with Gasteiger partial charge in [-0.1, -0.05) is 6.58 Å². The largest absolute Gasteiger partial charge is 0.348 e. The molecule has 4 aliphatic carbocycles. The van der Waals surface area contributed by atoms with Crippen molar-refractivity contribution in [3.05, 3.63) is 12.2 Å². The Labute approximate surface area is 108 Å². The number of Topliss-reactive ketones (excluding diaryl/α,β-unsaturated/α-hetero) is 1. The number of hydrogen-bond acceptors (Lipinski definition) is 3. The van der Waals surface area contributed by atoms with Crippen LogP contribution in [0.4, 0.5) is 0 Å². The summed E-state index contributed by atoms with van der Waals surface area (Å²) in [6, 6.07) is 0. The number of rotatable bonds is 0. The standard InChI is InChI=1S/C15H20O3/c1-10-11-2-3-14(13(10)16)4-5-15(9-12(14)8-11)17-6-7-18-15/h11-12H,1-9H2/t11-,12-,14-/m0/s1. The highest BCUT2D eigenvalue weighted by Gasteiger charge is 2.60. The molecule has 0 aromatic heterocycles. The minimum Gasteiger partial charge on any atom is -0.348 e. The van der Waals surface area contributed by atoms with Crippen molar-refractivity contribution in [2.24, 2.45) is 17.3 Å². The van der Waals surface area contributed by atoms with Crippen LogP contribution in [0.3, 0.4) is 0 Å². The Balaban J connectivity index is 1.67. The number of fused-ring (bicyclic) bond motifs is 2. The fourth-order valence-electron chi connectivity index (χ4n) is 4.81. The lowest BCUT2D eigenvalue weighted by Gasteiger charge is -2.56. The van der Waals surface area contributed by atoms with Gasteiger partial charge in [0.25, 0.3) is 0 Å². The smallest absolute Gasteiger partial charge is 0.168 e.